The number of nitrogens with zero attached hydrogens (tertiary/aromatic N) is 8. The number of hydrogen-bond donors (Lipinski definition) is 10. The number of anilines is 2. The van der Waals surface area contributed by atoms with Crippen LogP contribution in [0.4, 0.5) is 11.4 Å². The maximum absolute atomic E-state index is 12.4. The van der Waals surface area contributed by atoms with Crippen molar-refractivity contribution in [3.63, 3.8) is 0 Å². The van der Waals surface area contributed by atoms with Crippen LogP contribution in [0.25, 0.3) is 0 Å². The molecule has 18 N–H and O–H groups in total. The molecule has 0 radical (unpaired) electrons. The minimum absolute atomic E-state index is 0.0452. The van der Waals surface area contributed by atoms with Crippen molar-refractivity contribution >= 4 is 70.4 Å². The molecule has 2 aromatic carbocycles. The fraction of sp³-hybridized carbons (Fsp3) is 0.421. The Bertz CT molecular complexity index is 1700. The van der Waals surface area contributed by atoms with E-state index in [-0.39, 0.29) is 29.7 Å². The second kappa shape index (κ2) is 31.4. The third kappa shape index (κ3) is 24.5. The molecule has 2 rings (SSSR count). The van der Waals surface area contributed by atoms with Gasteiger partial charge in [-0.1, -0.05) is 66.7 Å². The van der Waals surface area contributed by atoms with Gasteiger partial charge < -0.3 is 56.5 Å². The number of carbonyl (C=O) groups is 2. The highest BCUT2D eigenvalue weighted by molar-refractivity contribution is 6.07. The van der Waals surface area contributed by atoms with E-state index in [9.17, 15) is 9.59 Å². The highest BCUT2D eigenvalue weighted by Crippen LogP contribution is 2.19. The Morgan fingerprint density at radius 1 is 0.500 bits per heavy atom. The molecule has 0 aromatic heterocycles. The molecule has 58 heavy (non-hydrogen) atoms. The molecular weight excluding hydrogens is 741 g/mol. The minimum atomic E-state index is -0.155. The van der Waals surface area contributed by atoms with Crippen LogP contribution in [0, 0.1) is 0 Å². The van der Waals surface area contributed by atoms with Gasteiger partial charge in [-0.2, -0.15) is 20.4 Å². The van der Waals surface area contributed by atoms with Crippen LogP contribution in [-0.4, -0.2) is 59.0 Å². The molecule has 20 heteroatoms. The first-order valence-electron chi connectivity index (χ1n) is 18.9. The number of hydrogen-bond acceptors (Lipinski definition) is 10. The van der Waals surface area contributed by atoms with Gasteiger partial charge in [-0.05, 0) is 70.5 Å². The number of benzene rings is 2. The smallest absolute Gasteiger partial charge is 0.224 e. The van der Waals surface area contributed by atoms with Gasteiger partial charge in [0.25, 0.3) is 0 Å². The summed E-state index contributed by atoms with van der Waals surface area (Å²) in [7, 11) is 0. The normalized spacial score (nSPS) is 11.1. The highest BCUT2D eigenvalue weighted by Gasteiger charge is 2.10. The lowest BCUT2D eigenvalue weighted by Gasteiger charge is -2.11. The molecule has 0 aliphatic rings. The lowest BCUT2D eigenvalue weighted by molar-refractivity contribution is -0.116. The maximum Gasteiger partial charge on any atom is 0.224 e. The Hall–Kier alpha value is -6.86. The summed E-state index contributed by atoms with van der Waals surface area (Å²) in [5, 5.41) is 35.9. The van der Waals surface area contributed by atoms with E-state index in [0.717, 1.165) is 30.4 Å². The molecule has 0 atom stereocenters. The molecule has 0 bridgehead atoms. The summed E-state index contributed by atoms with van der Waals surface area (Å²) >= 11 is 0. The SMILES string of the molecule is C/C(=N\N=C(N)N)c1cc(NC=O)cc(/C(C)=N/N=C(N)N)c1.CC.CC.CCCCCCCCC(=O)Nc1cc(/C(C)=N/N=C(N)N)cc(/C(C)=N/N=C(N)N)c1. The first kappa shape index (κ1) is 53.2. The van der Waals surface area contributed by atoms with Crippen molar-refractivity contribution < 1.29 is 9.59 Å². The first-order chi connectivity index (χ1) is 27.6. The molecule has 0 spiro atoms. The van der Waals surface area contributed by atoms with Gasteiger partial charge in [0.1, 0.15) is 0 Å². The second-order valence-corrected chi connectivity index (χ2v) is 11.8. The third-order valence-corrected chi connectivity index (χ3v) is 7.07. The van der Waals surface area contributed by atoms with Gasteiger partial charge in [-0.15, -0.1) is 20.4 Å². The van der Waals surface area contributed by atoms with Crippen molar-refractivity contribution in [3.05, 3.63) is 58.7 Å². The summed E-state index contributed by atoms with van der Waals surface area (Å²) in [6.45, 7) is 17.1. The van der Waals surface area contributed by atoms with Gasteiger partial charge in [0.2, 0.25) is 36.2 Å². The number of rotatable bonds is 18. The Labute approximate surface area is 342 Å². The van der Waals surface area contributed by atoms with Crippen LogP contribution in [-0.2, 0) is 9.59 Å². The molecule has 0 aliphatic carbocycles. The summed E-state index contributed by atoms with van der Waals surface area (Å²) in [6.07, 6.45) is 7.75. The summed E-state index contributed by atoms with van der Waals surface area (Å²) in [5.74, 6) is -0.646. The zero-order valence-electron chi connectivity index (χ0n) is 35.5. The molecule has 320 valence electrons. The predicted molar refractivity (Wildman–Crippen MR) is 244 cm³/mol. The number of unbranched alkanes of at least 4 members (excludes halogenated alkanes) is 5. The molecule has 2 aromatic rings. The van der Waals surface area contributed by atoms with Crippen molar-refractivity contribution in [1.82, 2.24) is 0 Å². The van der Waals surface area contributed by atoms with Gasteiger partial charge in [-0.25, -0.2) is 0 Å². The molecule has 0 unspecified atom stereocenters. The maximum atomic E-state index is 12.4. The lowest BCUT2D eigenvalue weighted by Crippen LogP contribution is -2.22. The molecule has 2 amide bonds. The molecule has 0 aliphatic heterocycles. The van der Waals surface area contributed by atoms with E-state index in [2.05, 4.69) is 58.4 Å². The quantitative estimate of drug-likeness (QED) is 0.0342. The summed E-state index contributed by atoms with van der Waals surface area (Å²) in [5.41, 5.74) is 48.6. The Morgan fingerprint density at radius 3 is 1.12 bits per heavy atom. The van der Waals surface area contributed by atoms with Gasteiger partial charge in [0.05, 0.1) is 22.8 Å². The second-order valence-electron chi connectivity index (χ2n) is 11.8. The Balaban J connectivity index is 0. The lowest BCUT2D eigenvalue weighted by atomic mass is 10.0. The van der Waals surface area contributed by atoms with Crippen molar-refractivity contribution in [2.24, 2.45) is 86.7 Å². The molecule has 0 fully saturated rings. The number of amides is 2. The summed E-state index contributed by atoms with van der Waals surface area (Å²) in [6, 6.07) is 10.7. The molecule has 0 heterocycles. The van der Waals surface area contributed by atoms with E-state index in [1.54, 1.807) is 58.0 Å². The predicted octanol–water partition coefficient (Wildman–Crippen LogP) is 3.67. The van der Waals surface area contributed by atoms with Crippen molar-refractivity contribution in [3.8, 4) is 0 Å². The van der Waals surface area contributed by atoms with Gasteiger partial charge >= 0.3 is 0 Å². The third-order valence-electron chi connectivity index (χ3n) is 7.07. The Kier molecular flexibility index (Phi) is 28.8. The van der Waals surface area contributed by atoms with Crippen LogP contribution in [0.5, 0.6) is 0 Å². The molecule has 0 saturated heterocycles. The average Bonchev–Trinajstić information content (AvgIpc) is 3.19. The highest BCUT2D eigenvalue weighted by atomic mass is 16.1. The largest absolute Gasteiger partial charge is 0.369 e. The van der Waals surface area contributed by atoms with Crippen LogP contribution in [0.1, 0.15) is 130 Å². The minimum Gasteiger partial charge on any atom is -0.369 e. The fourth-order valence-electron chi connectivity index (χ4n) is 4.37. The van der Waals surface area contributed by atoms with Crippen molar-refractivity contribution in [2.45, 2.75) is 107 Å². The van der Waals surface area contributed by atoms with Crippen LogP contribution in [0.3, 0.4) is 0 Å². The topological polar surface area (TPSA) is 365 Å². The number of nitrogens with one attached hydrogen (secondary N) is 2. The van der Waals surface area contributed by atoms with Crippen molar-refractivity contribution in [2.75, 3.05) is 10.6 Å². The summed E-state index contributed by atoms with van der Waals surface area (Å²) < 4.78 is 0. The van der Waals surface area contributed by atoms with Crippen LogP contribution in [0.15, 0.2) is 77.2 Å². The van der Waals surface area contributed by atoms with Crippen LogP contribution >= 0.6 is 0 Å². The van der Waals surface area contributed by atoms with E-state index < -0.39 is 0 Å². The van der Waals surface area contributed by atoms with E-state index in [1.807, 2.05) is 33.8 Å². The molecular formula is C38H66N18O2. The van der Waals surface area contributed by atoms with E-state index in [0.29, 0.717) is 58.2 Å². The van der Waals surface area contributed by atoms with Crippen LogP contribution < -0.4 is 56.5 Å². The van der Waals surface area contributed by atoms with Gasteiger partial charge in [0.15, 0.2) is 0 Å². The van der Waals surface area contributed by atoms with E-state index >= 15 is 0 Å². The van der Waals surface area contributed by atoms with Gasteiger partial charge in [0, 0.05) is 40.0 Å². The first-order valence-corrected chi connectivity index (χ1v) is 18.9. The number of guanidine groups is 4. The van der Waals surface area contributed by atoms with Crippen molar-refractivity contribution in [1.29, 1.82) is 0 Å². The monoisotopic (exact) mass is 807 g/mol. The van der Waals surface area contributed by atoms with E-state index in [4.69, 9.17) is 45.9 Å². The Morgan fingerprint density at radius 2 is 0.810 bits per heavy atom. The standard InChI is InChI=1S/C21H35N9O.C13H19N9O.2C2H6/c1-4-5-6-7-8-9-10-19(31)26-18-12-16(14(2)27-29-20(22)23)11-17(13-18)15(3)28-30-21(24)25;1-7(19-21-12(14)15)9-3-10(5-11(4-9)18-6-23)8(2)20-22-13(16)17;2*1-2/h11-13H,4-10H2,1-3H3,(H,26,31)(H4,22,23,29)(H4,24,25,30);3-6H,1-2H3,(H,18,23)(H4,14,15,21)(H4,16,17,22);2*1-2H3/b27-14+,28-15+;19-7+,20-8+;;. The van der Waals surface area contributed by atoms with Crippen LogP contribution in [0.2, 0.25) is 0 Å². The van der Waals surface area contributed by atoms with Gasteiger partial charge in [-0.3, -0.25) is 9.59 Å². The molecule has 0 saturated carbocycles. The average molecular weight is 807 g/mol. The number of carbonyl (C=O) groups excluding carboxylic acids is 2. The zero-order valence-corrected chi connectivity index (χ0v) is 35.5. The number of nitrogens with two attached hydrogens (primary N) is 8. The summed E-state index contributed by atoms with van der Waals surface area (Å²) in [4.78, 5) is 23.1. The molecule has 20 nitrogen and oxygen atoms in total. The zero-order chi connectivity index (χ0) is 44.6. The van der Waals surface area contributed by atoms with E-state index in [1.165, 1.54) is 19.3 Å². The fourth-order valence-corrected chi connectivity index (χ4v) is 4.37.